The number of para-hydroxylation sites is 1. The van der Waals surface area contributed by atoms with E-state index in [1.165, 1.54) is 31.2 Å². The number of aryl methyl sites for hydroxylation is 1. The lowest BCUT2D eigenvalue weighted by atomic mass is 10.2. The highest BCUT2D eigenvalue weighted by Crippen LogP contribution is 2.37. The number of hydrogen-bond acceptors (Lipinski definition) is 7. The van der Waals surface area contributed by atoms with Crippen LogP contribution in [0.4, 0.5) is 17.1 Å². The summed E-state index contributed by atoms with van der Waals surface area (Å²) >= 11 is 0. The predicted molar refractivity (Wildman–Crippen MR) is 87.6 cm³/mol. The van der Waals surface area contributed by atoms with Gasteiger partial charge in [-0.05, 0) is 24.6 Å². The Morgan fingerprint density at radius 1 is 1.00 bits per heavy atom. The second-order valence-electron chi connectivity index (χ2n) is 4.90. The number of nitro groups is 2. The second kappa shape index (κ2) is 6.83. The average Bonchev–Trinajstić information content (AvgIpc) is 2.55. The number of nitro benzene ring substituents is 2. The third-order valence-electron chi connectivity index (χ3n) is 3.20. The third-order valence-corrected chi connectivity index (χ3v) is 4.93. The van der Waals surface area contributed by atoms with Crippen molar-refractivity contribution >= 4 is 27.1 Å². The molecule has 0 aliphatic carbocycles. The Morgan fingerprint density at radius 3 is 1.88 bits per heavy atom. The van der Waals surface area contributed by atoms with E-state index in [1.807, 2.05) is 0 Å². The van der Waals surface area contributed by atoms with E-state index in [-0.39, 0.29) is 11.3 Å². The van der Waals surface area contributed by atoms with Crippen molar-refractivity contribution in [3.63, 3.8) is 0 Å². The summed E-state index contributed by atoms with van der Waals surface area (Å²) in [6, 6.07) is 9.35. The Bertz CT molecular complexity index is 894. The molecular weight excluding hydrogens is 354 g/mol. The van der Waals surface area contributed by atoms with Crippen LogP contribution in [0.3, 0.4) is 0 Å². The molecule has 0 aliphatic heterocycles. The molecule has 0 amide bonds. The highest BCUT2D eigenvalue weighted by atomic mass is 32.2. The molecule has 0 spiro atoms. The maximum absolute atomic E-state index is 12.9. The van der Waals surface area contributed by atoms with Crippen molar-refractivity contribution in [2.45, 2.75) is 11.8 Å². The molecule has 0 radical (unpaired) electrons. The highest BCUT2D eigenvalue weighted by molar-refractivity contribution is 7.92. The molecule has 0 N–H and O–H groups in total. The van der Waals surface area contributed by atoms with Crippen molar-refractivity contribution < 1.29 is 23.1 Å². The zero-order valence-electron chi connectivity index (χ0n) is 13.1. The molecule has 0 atom stereocenters. The molecule has 11 heteroatoms. The van der Waals surface area contributed by atoms with E-state index in [0.717, 1.165) is 19.2 Å². The summed E-state index contributed by atoms with van der Waals surface area (Å²) in [4.78, 5) is 24.5. The molecule has 0 heterocycles. The first kappa shape index (κ1) is 18.3. The normalized spacial score (nSPS) is 11.1. The number of benzene rings is 2. The first-order valence-corrected chi connectivity index (χ1v) is 8.22. The lowest BCUT2D eigenvalue weighted by Crippen LogP contribution is -2.31. The molecule has 0 saturated heterocycles. The molecule has 2 rings (SSSR count). The summed E-state index contributed by atoms with van der Waals surface area (Å²) in [6.45, 7) is 1.39. The Kier molecular flexibility index (Phi) is 4.99. The standard InChI is InChI=1S/C14H13N3O7S/c1-10-8-12(15(18)19)14(13(9-10)16(20)21)25(22,23)17(24-2)11-6-4-3-5-7-11/h3-9H,1-2H3. The highest BCUT2D eigenvalue weighted by Gasteiger charge is 2.40. The van der Waals surface area contributed by atoms with Crippen molar-refractivity contribution in [1.29, 1.82) is 0 Å². The van der Waals surface area contributed by atoms with Gasteiger partial charge in [-0.15, -0.1) is 4.47 Å². The van der Waals surface area contributed by atoms with Crippen LogP contribution < -0.4 is 4.47 Å². The van der Waals surface area contributed by atoms with Gasteiger partial charge in [-0.1, -0.05) is 18.2 Å². The summed E-state index contributed by atoms with van der Waals surface area (Å²) in [6.07, 6.45) is 0. The summed E-state index contributed by atoms with van der Waals surface area (Å²) < 4.78 is 26.2. The van der Waals surface area contributed by atoms with Crippen molar-refractivity contribution in [1.82, 2.24) is 0 Å². The molecule has 0 saturated carbocycles. The monoisotopic (exact) mass is 367 g/mol. The van der Waals surface area contributed by atoms with Gasteiger partial charge < -0.3 is 0 Å². The van der Waals surface area contributed by atoms with Crippen LogP contribution in [-0.2, 0) is 14.9 Å². The Hall–Kier alpha value is -3.05. The fraction of sp³-hybridized carbons (Fsp3) is 0.143. The SMILES string of the molecule is CON(c1ccccc1)S(=O)(=O)c1c([N+](=O)[O-])cc(C)cc1[N+](=O)[O-]. The van der Waals surface area contributed by atoms with Gasteiger partial charge >= 0.3 is 10.0 Å². The largest absolute Gasteiger partial charge is 0.300 e. The summed E-state index contributed by atoms with van der Waals surface area (Å²) in [7, 11) is -3.71. The lowest BCUT2D eigenvalue weighted by molar-refractivity contribution is -0.399. The second-order valence-corrected chi connectivity index (χ2v) is 6.59. The molecule has 10 nitrogen and oxygen atoms in total. The quantitative estimate of drug-likeness (QED) is 0.566. The molecule has 2 aromatic rings. The van der Waals surface area contributed by atoms with Crippen molar-refractivity contribution in [2.75, 3.05) is 11.6 Å². The number of anilines is 1. The van der Waals surface area contributed by atoms with Crippen molar-refractivity contribution in [3.8, 4) is 0 Å². The molecule has 0 bridgehead atoms. The van der Waals surface area contributed by atoms with Crippen LogP contribution in [-0.4, -0.2) is 25.4 Å². The van der Waals surface area contributed by atoms with E-state index in [4.69, 9.17) is 4.84 Å². The number of sulfonamides is 1. The zero-order valence-corrected chi connectivity index (χ0v) is 14.0. The molecule has 0 aromatic heterocycles. The first-order chi connectivity index (χ1) is 11.7. The molecule has 132 valence electrons. The first-order valence-electron chi connectivity index (χ1n) is 6.78. The lowest BCUT2D eigenvalue weighted by Gasteiger charge is -2.21. The van der Waals surface area contributed by atoms with E-state index in [1.54, 1.807) is 6.07 Å². The molecule has 0 fully saturated rings. The van der Waals surface area contributed by atoms with Crippen molar-refractivity contribution in [2.24, 2.45) is 0 Å². The summed E-state index contributed by atoms with van der Waals surface area (Å²) in [5, 5.41) is 22.6. The van der Waals surface area contributed by atoms with Crippen LogP contribution in [0.1, 0.15) is 5.56 Å². The van der Waals surface area contributed by atoms with E-state index in [2.05, 4.69) is 0 Å². The predicted octanol–water partition coefficient (Wildman–Crippen LogP) is 2.57. The Labute approximate surface area is 142 Å². The van der Waals surface area contributed by atoms with E-state index >= 15 is 0 Å². The molecule has 2 aromatic carbocycles. The van der Waals surface area contributed by atoms with Gasteiger partial charge in [-0.25, -0.2) is 0 Å². The fourth-order valence-electron chi connectivity index (χ4n) is 2.25. The van der Waals surface area contributed by atoms with Gasteiger partial charge in [0.1, 0.15) is 0 Å². The van der Waals surface area contributed by atoms with Crippen LogP contribution in [0.15, 0.2) is 47.4 Å². The Morgan fingerprint density at radius 2 is 1.48 bits per heavy atom. The van der Waals surface area contributed by atoms with Gasteiger partial charge in [0.15, 0.2) is 0 Å². The third kappa shape index (κ3) is 3.41. The van der Waals surface area contributed by atoms with Crippen LogP contribution in [0.5, 0.6) is 0 Å². The maximum Gasteiger partial charge on any atom is 0.300 e. The zero-order chi connectivity index (χ0) is 18.8. The van der Waals surface area contributed by atoms with Gasteiger partial charge in [-0.3, -0.25) is 25.1 Å². The van der Waals surface area contributed by atoms with Gasteiger partial charge in [0, 0.05) is 12.1 Å². The maximum atomic E-state index is 12.9. The van der Waals surface area contributed by atoms with E-state index in [0.29, 0.717) is 4.47 Å². The molecule has 25 heavy (non-hydrogen) atoms. The minimum Gasteiger partial charge on any atom is -0.262 e. The van der Waals surface area contributed by atoms with Gasteiger partial charge in [0.05, 0.1) is 22.6 Å². The van der Waals surface area contributed by atoms with Crippen molar-refractivity contribution in [3.05, 3.63) is 68.3 Å². The molecule has 0 aliphatic rings. The minimum absolute atomic E-state index is 0.0363. The molecular formula is C14H13N3O7S. The Balaban J connectivity index is 2.82. The smallest absolute Gasteiger partial charge is 0.262 e. The van der Waals surface area contributed by atoms with Gasteiger partial charge in [0.25, 0.3) is 11.4 Å². The van der Waals surface area contributed by atoms with Crippen LogP contribution in [0, 0.1) is 27.2 Å². The number of hydrogen-bond donors (Lipinski definition) is 0. The minimum atomic E-state index is -4.74. The van der Waals surface area contributed by atoms with Gasteiger partial charge in [0.2, 0.25) is 4.90 Å². The number of rotatable bonds is 6. The number of nitrogens with zero attached hydrogens (tertiary/aromatic N) is 3. The summed E-state index contributed by atoms with van der Waals surface area (Å²) in [5.74, 6) is 0. The average molecular weight is 367 g/mol. The van der Waals surface area contributed by atoms with E-state index < -0.39 is 36.1 Å². The van der Waals surface area contributed by atoms with Crippen LogP contribution >= 0.6 is 0 Å². The fourth-order valence-corrected chi connectivity index (χ4v) is 3.80. The topological polar surface area (TPSA) is 133 Å². The van der Waals surface area contributed by atoms with E-state index in [9.17, 15) is 28.6 Å². The summed E-state index contributed by atoms with van der Waals surface area (Å²) in [5.41, 5.74) is -1.58. The van der Waals surface area contributed by atoms with Gasteiger partial charge in [-0.2, -0.15) is 8.42 Å². The van der Waals surface area contributed by atoms with Crippen LogP contribution in [0.25, 0.3) is 0 Å². The van der Waals surface area contributed by atoms with Crippen LogP contribution in [0.2, 0.25) is 0 Å². The molecule has 0 unspecified atom stereocenters.